The van der Waals surface area contributed by atoms with Crippen LogP contribution >= 0.6 is 0 Å². The maximum atomic E-state index is 12.2. The number of nitrogens with one attached hydrogen (secondary N) is 1. The van der Waals surface area contributed by atoms with E-state index >= 15 is 0 Å². The molecule has 0 aromatic heterocycles. The largest absolute Gasteiger partial charge is 0.388 e. The lowest BCUT2D eigenvalue weighted by atomic mass is 10.0. The molecule has 1 N–H and O–H groups in total. The van der Waals surface area contributed by atoms with Crippen molar-refractivity contribution in [1.82, 2.24) is 4.90 Å². The molecule has 0 saturated carbocycles. The van der Waals surface area contributed by atoms with Crippen LogP contribution in [-0.4, -0.2) is 30.9 Å². The smallest absolute Gasteiger partial charge is 0.253 e. The highest BCUT2D eigenvalue weighted by molar-refractivity contribution is 5.94. The summed E-state index contributed by atoms with van der Waals surface area (Å²) in [6.45, 7) is 6.32. The number of benzene rings is 1. The third-order valence-electron chi connectivity index (χ3n) is 3.32. The monoisotopic (exact) mass is 234 g/mol. The van der Waals surface area contributed by atoms with E-state index in [-0.39, 0.29) is 11.9 Å². The van der Waals surface area contributed by atoms with Crippen LogP contribution in [0.3, 0.4) is 0 Å². The minimum absolute atomic E-state index is 0.0776. The molecule has 0 fully saturated rings. The normalized spacial score (nSPS) is 12.4. The molecule has 0 heterocycles. The molecule has 0 saturated heterocycles. The van der Waals surface area contributed by atoms with Gasteiger partial charge in [0.25, 0.3) is 5.91 Å². The van der Waals surface area contributed by atoms with Crippen LogP contribution in [-0.2, 0) is 0 Å². The molecule has 94 valence electrons. The summed E-state index contributed by atoms with van der Waals surface area (Å²) in [6, 6.07) is 7.80. The van der Waals surface area contributed by atoms with Crippen LogP contribution in [0.4, 0.5) is 5.69 Å². The Morgan fingerprint density at radius 3 is 2.12 bits per heavy atom. The van der Waals surface area contributed by atoms with Crippen LogP contribution in [0, 0.1) is 5.92 Å². The Bertz CT molecular complexity index is 370. The van der Waals surface area contributed by atoms with E-state index in [0.717, 1.165) is 11.3 Å². The van der Waals surface area contributed by atoms with Crippen molar-refractivity contribution in [1.29, 1.82) is 0 Å². The molecule has 3 nitrogen and oxygen atoms in total. The first kappa shape index (κ1) is 13.6. The summed E-state index contributed by atoms with van der Waals surface area (Å²) in [6.07, 6.45) is 0. The van der Waals surface area contributed by atoms with Gasteiger partial charge >= 0.3 is 0 Å². The Morgan fingerprint density at radius 2 is 1.71 bits per heavy atom. The molecule has 1 rings (SSSR count). The molecular weight excluding hydrogens is 212 g/mol. The van der Waals surface area contributed by atoms with E-state index in [1.807, 2.05) is 38.4 Å². The molecule has 1 unspecified atom stereocenters. The summed E-state index contributed by atoms with van der Waals surface area (Å²) >= 11 is 0. The van der Waals surface area contributed by atoms with Gasteiger partial charge in [-0.15, -0.1) is 0 Å². The molecule has 0 bridgehead atoms. The van der Waals surface area contributed by atoms with Crippen molar-refractivity contribution in [3.63, 3.8) is 0 Å². The van der Waals surface area contributed by atoms with Crippen molar-refractivity contribution < 1.29 is 4.79 Å². The number of carbonyl (C=O) groups is 1. The van der Waals surface area contributed by atoms with Crippen molar-refractivity contribution in [2.24, 2.45) is 5.92 Å². The quantitative estimate of drug-likeness (QED) is 0.868. The first-order valence-electron chi connectivity index (χ1n) is 6.02. The first-order chi connectivity index (χ1) is 7.97. The third-order valence-corrected chi connectivity index (χ3v) is 3.32. The van der Waals surface area contributed by atoms with Crippen LogP contribution < -0.4 is 5.32 Å². The maximum absolute atomic E-state index is 12.2. The van der Waals surface area contributed by atoms with Gasteiger partial charge in [0.05, 0.1) is 0 Å². The zero-order valence-electron chi connectivity index (χ0n) is 11.3. The topological polar surface area (TPSA) is 32.3 Å². The number of carbonyl (C=O) groups excluding carboxylic acids is 1. The lowest BCUT2D eigenvalue weighted by Gasteiger charge is -2.28. The van der Waals surface area contributed by atoms with E-state index in [9.17, 15) is 4.79 Å². The van der Waals surface area contributed by atoms with Gasteiger partial charge in [0.15, 0.2) is 0 Å². The van der Waals surface area contributed by atoms with Crippen LogP contribution in [0.25, 0.3) is 0 Å². The van der Waals surface area contributed by atoms with Gasteiger partial charge in [-0.3, -0.25) is 4.79 Å². The molecule has 1 aromatic carbocycles. The fourth-order valence-electron chi connectivity index (χ4n) is 1.62. The molecule has 0 aliphatic rings. The van der Waals surface area contributed by atoms with E-state index in [4.69, 9.17) is 0 Å². The van der Waals surface area contributed by atoms with Gasteiger partial charge in [-0.05, 0) is 37.1 Å². The summed E-state index contributed by atoms with van der Waals surface area (Å²) < 4.78 is 0. The second-order valence-corrected chi connectivity index (χ2v) is 4.73. The van der Waals surface area contributed by atoms with E-state index in [0.29, 0.717) is 5.92 Å². The molecule has 0 aliphatic carbocycles. The predicted octanol–water partition coefficient (Wildman–Crippen LogP) is 2.84. The molecule has 1 atom stereocenters. The second-order valence-electron chi connectivity index (χ2n) is 4.73. The van der Waals surface area contributed by atoms with Gasteiger partial charge in [-0.25, -0.2) is 0 Å². The molecular formula is C14H22N2O. The Labute approximate surface area is 104 Å². The highest BCUT2D eigenvalue weighted by atomic mass is 16.2. The number of hydrogen-bond acceptors (Lipinski definition) is 2. The molecule has 1 aromatic rings. The molecule has 3 heteroatoms. The Balaban J connectivity index is 2.81. The minimum atomic E-state index is 0.0776. The van der Waals surface area contributed by atoms with Gasteiger partial charge in [0, 0.05) is 31.4 Å². The number of hydrogen-bond donors (Lipinski definition) is 1. The zero-order chi connectivity index (χ0) is 13.0. The van der Waals surface area contributed by atoms with Gasteiger partial charge in [0.1, 0.15) is 0 Å². The Kier molecular flexibility index (Phi) is 4.55. The Morgan fingerprint density at radius 1 is 1.18 bits per heavy atom. The second kappa shape index (κ2) is 5.71. The van der Waals surface area contributed by atoms with Crippen molar-refractivity contribution in [2.45, 2.75) is 26.8 Å². The lowest BCUT2D eigenvalue weighted by molar-refractivity contribution is 0.0707. The van der Waals surface area contributed by atoms with E-state index in [1.165, 1.54) is 0 Å². The van der Waals surface area contributed by atoms with Gasteiger partial charge in [-0.1, -0.05) is 13.8 Å². The standard InChI is InChI=1S/C14H22N2O/c1-10(2)11(3)16(5)14(17)12-6-8-13(15-4)9-7-12/h6-11,15H,1-5H3. The van der Waals surface area contributed by atoms with Gasteiger partial charge in [0.2, 0.25) is 0 Å². The van der Waals surface area contributed by atoms with Crippen molar-refractivity contribution in [2.75, 3.05) is 19.4 Å². The van der Waals surface area contributed by atoms with E-state index in [2.05, 4.69) is 26.1 Å². The highest BCUT2D eigenvalue weighted by Gasteiger charge is 2.19. The van der Waals surface area contributed by atoms with Crippen molar-refractivity contribution in [3.05, 3.63) is 29.8 Å². The van der Waals surface area contributed by atoms with Crippen molar-refractivity contribution >= 4 is 11.6 Å². The summed E-state index contributed by atoms with van der Waals surface area (Å²) in [5.41, 5.74) is 1.75. The predicted molar refractivity (Wildman–Crippen MR) is 72.4 cm³/mol. The fourth-order valence-corrected chi connectivity index (χ4v) is 1.62. The summed E-state index contributed by atoms with van der Waals surface area (Å²) in [7, 11) is 3.72. The zero-order valence-corrected chi connectivity index (χ0v) is 11.3. The maximum Gasteiger partial charge on any atom is 0.253 e. The average molecular weight is 234 g/mol. The number of nitrogens with zero attached hydrogens (tertiary/aromatic N) is 1. The van der Waals surface area contributed by atoms with E-state index in [1.54, 1.807) is 4.90 Å². The number of rotatable bonds is 4. The Hall–Kier alpha value is -1.51. The molecule has 1 amide bonds. The SMILES string of the molecule is CNc1ccc(C(=O)N(C)C(C)C(C)C)cc1. The number of amides is 1. The van der Waals surface area contributed by atoms with Crippen LogP contribution in [0.2, 0.25) is 0 Å². The summed E-state index contributed by atoms with van der Waals surface area (Å²) in [5, 5.41) is 3.04. The lowest BCUT2D eigenvalue weighted by Crippen LogP contribution is -2.38. The minimum Gasteiger partial charge on any atom is -0.388 e. The molecule has 0 spiro atoms. The third kappa shape index (κ3) is 3.22. The molecule has 0 radical (unpaired) electrons. The first-order valence-corrected chi connectivity index (χ1v) is 6.02. The van der Waals surface area contributed by atoms with Crippen molar-refractivity contribution in [3.8, 4) is 0 Å². The fraction of sp³-hybridized carbons (Fsp3) is 0.500. The van der Waals surface area contributed by atoms with Gasteiger partial charge < -0.3 is 10.2 Å². The number of anilines is 1. The van der Waals surface area contributed by atoms with Gasteiger partial charge in [-0.2, -0.15) is 0 Å². The highest BCUT2D eigenvalue weighted by Crippen LogP contribution is 2.14. The summed E-state index contributed by atoms with van der Waals surface area (Å²) in [5.74, 6) is 0.536. The van der Waals surface area contributed by atoms with E-state index < -0.39 is 0 Å². The molecule has 17 heavy (non-hydrogen) atoms. The van der Waals surface area contributed by atoms with Crippen LogP contribution in [0.15, 0.2) is 24.3 Å². The van der Waals surface area contributed by atoms with Crippen LogP contribution in [0.1, 0.15) is 31.1 Å². The average Bonchev–Trinajstić information content (AvgIpc) is 2.36. The summed E-state index contributed by atoms with van der Waals surface area (Å²) in [4.78, 5) is 14.0. The molecule has 0 aliphatic heterocycles. The van der Waals surface area contributed by atoms with Crippen LogP contribution in [0.5, 0.6) is 0 Å².